The fraction of sp³-hybridized carbons (Fsp3) is 0.429. The van der Waals surface area contributed by atoms with Crippen LogP contribution in [0.15, 0.2) is 65.6 Å². The van der Waals surface area contributed by atoms with Gasteiger partial charge in [0.15, 0.2) is 5.60 Å². The van der Waals surface area contributed by atoms with Gasteiger partial charge in [-0.25, -0.2) is 9.59 Å². The highest BCUT2D eigenvalue weighted by Crippen LogP contribution is 2.21. The van der Waals surface area contributed by atoms with Crippen molar-refractivity contribution >= 4 is 5.97 Å². The van der Waals surface area contributed by atoms with Crippen LogP contribution in [0.1, 0.15) is 57.4 Å². The van der Waals surface area contributed by atoms with Crippen LogP contribution in [0.4, 0.5) is 0 Å². The first-order valence-electron chi connectivity index (χ1n) is 12.1. The lowest BCUT2D eigenvalue weighted by Gasteiger charge is -2.24. The van der Waals surface area contributed by atoms with Gasteiger partial charge in [-0.05, 0) is 69.7 Å². The van der Waals surface area contributed by atoms with Crippen molar-refractivity contribution in [2.24, 2.45) is 0 Å². The van der Waals surface area contributed by atoms with Gasteiger partial charge in [-0.1, -0.05) is 49.4 Å². The smallest absolute Gasteiger partial charge is 0.349 e. The lowest BCUT2D eigenvalue weighted by Crippen LogP contribution is -2.39. The van der Waals surface area contributed by atoms with Gasteiger partial charge in [0.1, 0.15) is 5.75 Å². The molecule has 34 heavy (non-hydrogen) atoms. The Morgan fingerprint density at radius 2 is 1.65 bits per heavy atom. The lowest BCUT2D eigenvalue weighted by atomic mass is 10.1. The van der Waals surface area contributed by atoms with Crippen molar-refractivity contribution in [1.82, 2.24) is 9.13 Å². The van der Waals surface area contributed by atoms with Crippen LogP contribution in [0.2, 0.25) is 0 Å². The molecule has 2 aromatic carbocycles. The van der Waals surface area contributed by atoms with Gasteiger partial charge in [0, 0.05) is 18.4 Å². The van der Waals surface area contributed by atoms with E-state index in [0.717, 1.165) is 43.5 Å². The average Bonchev–Trinajstić information content (AvgIpc) is 3.10. The molecule has 0 bridgehead atoms. The summed E-state index contributed by atoms with van der Waals surface area (Å²) in [6.45, 7) is 8.94. The van der Waals surface area contributed by atoms with Gasteiger partial charge in [-0.15, -0.1) is 0 Å². The zero-order chi connectivity index (χ0) is 24.6. The molecule has 1 heterocycles. The van der Waals surface area contributed by atoms with E-state index in [1.165, 1.54) is 5.56 Å². The van der Waals surface area contributed by atoms with Crippen molar-refractivity contribution in [3.8, 4) is 5.75 Å². The molecule has 0 atom stereocenters. The molecule has 0 saturated heterocycles. The van der Waals surface area contributed by atoms with Gasteiger partial charge >= 0.3 is 11.7 Å². The van der Waals surface area contributed by atoms with E-state index in [-0.39, 0.29) is 11.7 Å². The molecule has 3 rings (SSSR count). The van der Waals surface area contributed by atoms with Crippen LogP contribution >= 0.6 is 0 Å². The highest BCUT2D eigenvalue weighted by atomic mass is 16.6. The van der Waals surface area contributed by atoms with Crippen molar-refractivity contribution in [3.05, 3.63) is 88.1 Å². The number of benzene rings is 2. The number of rotatable bonds is 12. The molecular formula is C28H36N2O4. The molecule has 0 spiro atoms. The van der Waals surface area contributed by atoms with Gasteiger partial charge in [-0.3, -0.25) is 9.13 Å². The topological polar surface area (TPSA) is 62.5 Å². The summed E-state index contributed by atoms with van der Waals surface area (Å²) >= 11 is 0. The first-order valence-corrected chi connectivity index (χ1v) is 12.1. The van der Waals surface area contributed by atoms with Gasteiger partial charge in [-0.2, -0.15) is 0 Å². The van der Waals surface area contributed by atoms with E-state index in [1.54, 1.807) is 20.8 Å². The van der Waals surface area contributed by atoms with Crippen LogP contribution in [-0.4, -0.2) is 27.3 Å². The summed E-state index contributed by atoms with van der Waals surface area (Å²) in [5.74, 6) is 0.257. The molecule has 6 nitrogen and oxygen atoms in total. The van der Waals surface area contributed by atoms with Crippen LogP contribution in [0.5, 0.6) is 5.75 Å². The summed E-state index contributed by atoms with van der Waals surface area (Å²) in [4.78, 5) is 25.0. The van der Waals surface area contributed by atoms with Crippen molar-refractivity contribution in [2.75, 3.05) is 6.61 Å². The summed E-state index contributed by atoms with van der Waals surface area (Å²) in [5, 5.41) is 0. The third kappa shape index (κ3) is 6.62. The molecular weight excluding hydrogens is 428 g/mol. The molecule has 0 unspecified atom stereocenters. The van der Waals surface area contributed by atoms with Crippen molar-refractivity contribution in [1.29, 1.82) is 0 Å². The minimum absolute atomic E-state index is 0.0615. The molecule has 0 saturated carbocycles. The highest BCUT2D eigenvalue weighted by molar-refractivity contribution is 5.79. The summed E-state index contributed by atoms with van der Waals surface area (Å²) in [7, 11) is 0. The van der Waals surface area contributed by atoms with Crippen LogP contribution in [0.25, 0.3) is 0 Å². The second-order valence-electron chi connectivity index (χ2n) is 9.00. The summed E-state index contributed by atoms with van der Waals surface area (Å²) in [6, 6.07) is 17.9. The minimum Gasteiger partial charge on any atom is -0.476 e. The summed E-state index contributed by atoms with van der Waals surface area (Å²) in [6.07, 6.45) is 5.61. The van der Waals surface area contributed by atoms with Crippen molar-refractivity contribution in [3.63, 3.8) is 0 Å². The number of nitrogens with zero attached hydrogens (tertiary/aromatic N) is 2. The fourth-order valence-electron chi connectivity index (χ4n) is 3.98. The molecule has 0 aliphatic heterocycles. The number of hydrogen-bond acceptors (Lipinski definition) is 4. The lowest BCUT2D eigenvalue weighted by molar-refractivity contribution is -0.158. The fourth-order valence-corrected chi connectivity index (χ4v) is 3.98. The molecule has 0 fully saturated rings. The van der Waals surface area contributed by atoms with Crippen LogP contribution < -0.4 is 10.4 Å². The third-order valence-corrected chi connectivity index (χ3v) is 5.73. The van der Waals surface area contributed by atoms with E-state index >= 15 is 0 Å². The second-order valence-corrected chi connectivity index (χ2v) is 9.00. The standard InChI is InChI=1S/C28H36N2O4/c1-5-19-30-24(21-29(27(30)32)20-23-11-8-7-9-12-23)14-10-13-22-15-17-25(18-16-22)34-28(3,4)26(31)33-6-2/h7-9,11-12,15-18,21H,5-6,10,13-14,19-20H2,1-4H3. The molecule has 0 aliphatic carbocycles. The van der Waals surface area contributed by atoms with Gasteiger partial charge in [0.25, 0.3) is 0 Å². The third-order valence-electron chi connectivity index (χ3n) is 5.73. The first-order chi connectivity index (χ1) is 16.3. The number of carbonyl (C=O) groups excluding carboxylic acids is 1. The van der Waals surface area contributed by atoms with Crippen LogP contribution in [0, 0.1) is 0 Å². The van der Waals surface area contributed by atoms with E-state index < -0.39 is 5.60 Å². The zero-order valence-corrected chi connectivity index (χ0v) is 20.8. The summed E-state index contributed by atoms with van der Waals surface area (Å²) in [5.41, 5.74) is 2.42. The van der Waals surface area contributed by atoms with E-state index in [2.05, 4.69) is 6.92 Å². The molecule has 0 amide bonds. The molecule has 0 radical (unpaired) electrons. The monoisotopic (exact) mass is 464 g/mol. The Kier molecular flexibility index (Phi) is 8.74. The Morgan fingerprint density at radius 3 is 2.29 bits per heavy atom. The largest absolute Gasteiger partial charge is 0.476 e. The van der Waals surface area contributed by atoms with E-state index in [4.69, 9.17) is 9.47 Å². The van der Waals surface area contributed by atoms with Gasteiger partial charge in [0.2, 0.25) is 0 Å². The molecule has 182 valence electrons. The van der Waals surface area contributed by atoms with Crippen LogP contribution in [0.3, 0.4) is 0 Å². The quantitative estimate of drug-likeness (QED) is 0.354. The maximum Gasteiger partial charge on any atom is 0.349 e. The normalized spacial score (nSPS) is 11.4. The van der Waals surface area contributed by atoms with E-state index in [0.29, 0.717) is 18.9 Å². The van der Waals surface area contributed by atoms with Crippen LogP contribution in [-0.2, 0) is 35.5 Å². The molecule has 6 heteroatoms. The number of carbonyl (C=O) groups is 1. The predicted octanol–water partition coefficient (Wildman–Crippen LogP) is 5.00. The number of ether oxygens (including phenoxy) is 2. The maximum absolute atomic E-state index is 12.9. The SMILES string of the molecule is CCCn1c(CCCc2ccc(OC(C)(C)C(=O)OCC)cc2)cn(Cc2ccccc2)c1=O. The first kappa shape index (κ1) is 25.3. The second kappa shape index (κ2) is 11.7. The number of hydrogen-bond donors (Lipinski definition) is 0. The van der Waals surface area contributed by atoms with Crippen molar-refractivity contribution in [2.45, 2.75) is 72.1 Å². The number of aryl methyl sites for hydroxylation is 2. The van der Waals surface area contributed by atoms with E-state index in [9.17, 15) is 9.59 Å². The average molecular weight is 465 g/mol. The highest BCUT2D eigenvalue weighted by Gasteiger charge is 2.31. The molecule has 0 aliphatic rings. The molecule has 0 N–H and O–H groups in total. The Bertz CT molecular complexity index is 1110. The molecule has 1 aromatic heterocycles. The number of imidazole rings is 1. The Labute approximate surface area is 202 Å². The molecule has 3 aromatic rings. The van der Waals surface area contributed by atoms with E-state index in [1.807, 2.05) is 69.9 Å². The van der Waals surface area contributed by atoms with Gasteiger partial charge < -0.3 is 9.47 Å². The summed E-state index contributed by atoms with van der Waals surface area (Å²) < 4.78 is 14.6. The number of esters is 1. The Morgan fingerprint density at radius 1 is 0.941 bits per heavy atom. The Balaban J connectivity index is 1.61. The minimum atomic E-state index is -1.03. The zero-order valence-electron chi connectivity index (χ0n) is 20.8. The predicted molar refractivity (Wildman–Crippen MR) is 134 cm³/mol. The van der Waals surface area contributed by atoms with Crippen molar-refractivity contribution < 1.29 is 14.3 Å². The number of aromatic nitrogens is 2. The van der Waals surface area contributed by atoms with Gasteiger partial charge in [0.05, 0.1) is 13.2 Å². The maximum atomic E-state index is 12.9. The Hall–Kier alpha value is -3.28.